The Morgan fingerprint density at radius 2 is 1.87 bits per heavy atom. The minimum absolute atomic E-state index is 0.0721. The standard InChI is InChI=1S/C22H30N2O6/c1-14(2)22(25)24(13-17-7-6-8-29-17)12-16-11-18(30-23-16)15-9-19(26-3)21(28-5)20(10-15)27-4/h9-11,14,17H,6-8,12-13H2,1-5H3/t17-/m1/s1. The van der Waals surface area contributed by atoms with Crippen LogP contribution in [0.1, 0.15) is 32.4 Å². The quantitative estimate of drug-likeness (QED) is 0.616. The van der Waals surface area contributed by atoms with Gasteiger partial charge in [-0.05, 0) is 25.0 Å². The van der Waals surface area contributed by atoms with Crippen molar-refractivity contribution in [3.63, 3.8) is 0 Å². The number of methoxy groups -OCH3 is 3. The van der Waals surface area contributed by atoms with Gasteiger partial charge in [-0.1, -0.05) is 19.0 Å². The number of rotatable bonds is 9. The van der Waals surface area contributed by atoms with Gasteiger partial charge in [0.1, 0.15) is 5.69 Å². The van der Waals surface area contributed by atoms with Crippen molar-refractivity contribution in [1.82, 2.24) is 10.1 Å². The summed E-state index contributed by atoms with van der Waals surface area (Å²) >= 11 is 0. The molecule has 0 saturated carbocycles. The summed E-state index contributed by atoms with van der Waals surface area (Å²) in [4.78, 5) is 14.5. The number of amides is 1. The van der Waals surface area contributed by atoms with Crippen LogP contribution < -0.4 is 14.2 Å². The van der Waals surface area contributed by atoms with Gasteiger partial charge in [0.05, 0.1) is 34.0 Å². The van der Waals surface area contributed by atoms with Crippen molar-refractivity contribution in [3.8, 4) is 28.6 Å². The maximum absolute atomic E-state index is 12.7. The van der Waals surface area contributed by atoms with E-state index in [0.29, 0.717) is 41.8 Å². The van der Waals surface area contributed by atoms with E-state index in [1.165, 1.54) is 0 Å². The molecular formula is C22H30N2O6. The lowest BCUT2D eigenvalue weighted by atomic mass is 10.1. The third-order valence-electron chi connectivity index (χ3n) is 5.11. The van der Waals surface area contributed by atoms with Gasteiger partial charge in [0, 0.05) is 30.7 Å². The molecular weight excluding hydrogens is 388 g/mol. The zero-order valence-electron chi connectivity index (χ0n) is 18.3. The Hall–Kier alpha value is -2.74. The zero-order valence-corrected chi connectivity index (χ0v) is 18.3. The Bertz CT molecular complexity index is 832. The van der Waals surface area contributed by atoms with E-state index in [0.717, 1.165) is 25.0 Å². The molecule has 0 spiro atoms. The molecule has 1 fully saturated rings. The summed E-state index contributed by atoms with van der Waals surface area (Å²) < 4.78 is 27.5. The number of nitrogens with zero attached hydrogens (tertiary/aromatic N) is 2. The topological polar surface area (TPSA) is 83.3 Å². The molecule has 0 radical (unpaired) electrons. The minimum atomic E-state index is -0.104. The van der Waals surface area contributed by atoms with Crippen LogP contribution in [0.5, 0.6) is 17.2 Å². The predicted octanol–water partition coefficient (Wildman–Crippen LogP) is 3.53. The number of aromatic nitrogens is 1. The fraction of sp³-hybridized carbons (Fsp3) is 0.545. The molecule has 3 rings (SSSR count). The molecule has 1 amide bonds. The summed E-state index contributed by atoms with van der Waals surface area (Å²) in [7, 11) is 4.68. The van der Waals surface area contributed by atoms with E-state index in [1.807, 2.05) is 19.9 Å². The predicted molar refractivity (Wildman–Crippen MR) is 111 cm³/mol. The molecule has 8 heteroatoms. The van der Waals surface area contributed by atoms with Crippen molar-refractivity contribution < 1.29 is 28.3 Å². The second kappa shape index (κ2) is 9.84. The van der Waals surface area contributed by atoms with Crippen LogP contribution in [0.4, 0.5) is 0 Å². The zero-order chi connectivity index (χ0) is 21.7. The van der Waals surface area contributed by atoms with Gasteiger partial charge in [0.25, 0.3) is 0 Å². The van der Waals surface area contributed by atoms with Crippen molar-refractivity contribution >= 4 is 5.91 Å². The highest BCUT2D eigenvalue weighted by molar-refractivity contribution is 5.78. The van der Waals surface area contributed by atoms with Gasteiger partial charge >= 0.3 is 0 Å². The van der Waals surface area contributed by atoms with Crippen molar-refractivity contribution in [3.05, 3.63) is 23.9 Å². The van der Waals surface area contributed by atoms with Crippen molar-refractivity contribution in [1.29, 1.82) is 0 Å². The molecule has 0 N–H and O–H groups in total. The molecule has 2 heterocycles. The van der Waals surface area contributed by atoms with Gasteiger partial charge in [-0.3, -0.25) is 4.79 Å². The molecule has 1 atom stereocenters. The third-order valence-corrected chi connectivity index (χ3v) is 5.11. The van der Waals surface area contributed by atoms with Gasteiger partial charge in [0.2, 0.25) is 11.7 Å². The molecule has 0 bridgehead atoms. The first-order chi connectivity index (χ1) is 14.5. The molecule has 0 unspecified atom stereocenters. The highest BCUT2D eigenvalue weighted by Gasteiger charge is 2.25. The second-order valence-electron chi connectivity index (χ2n) is 7.61. The van der Waals surface area contributed by atoms with E-state index in [1.54, 1.807) is 38.4 Å². The van der Waals surface area contributed by atoms with Crippen molar-refractivity contribution in [2.45, 2.75) is 39.3 Å². The van der Waals surface area contributed by atoms with E-state index in [-0.39, 0.29) is 17.9 Å². The molecule has 1 aromatic heterocycles. The summed E-state index contributed by atoms with van der Waals surface area (Å²) in [5.41, 5.74) is 1.41. The summed E-state index contributed by atoms with van der Waals surface area (Å²) in [6, 6.07) is 5.43. The lowest BCUT2D eigenvalue weighted by molar-refractivity contribution is -0.136. The van der Waals surface area contributed by atoms with E-state index >= 15 is 0 Å². The molecule has 1 aromatic carbocycles. The highest BCUT2D eigenvalue weighted by atomic mass is 16.5. The minimum Gasteiger partial charge on any atom is -0.493 e. The van der Waals surface area contributed by atoms with Crippen LogP contribution in [-0.2, 0) is 16.1 Å². The van der Waals surface area contributed by atoms with Crippen LogP contribution in [0, 0.1) is 5.92 Å². The first-order valence-corrected chi connectivity index (χ1v) is 10.1. The number of hydrogen-bond acceptors (Lipinski definition) is 7. The maximum Gasteiger partial charge on any atom is 0.225 e. The monoisotopic (exact) mass is 418 g/mol. The van der Waals surface area contributed by atoms with Gasteiger partial charge in [-0.15, -0.1) is 0 Å². The number of ether oxygens (including phenoxy) is 4. The average Bonchev–Trinajstić information content (AvgIpc) is 3.43. The summed E-state index contributed by atoms with van der Waals surface area (Å²) in [5, 5.41) is 4.18. The van der Waals surface area contributed by atoms with Crippen LogP contribution in [0.25, 0.3) is 11.3 Å². The number of carbonyl (C=O) groups is 1. The number of hydrogen-bond donors (Lipinski definition) is 0. The molecule has 1 aliphatic rings. The SMILES string of the molecule is COc1cc(-c2cc(CN(C[C@H]3CCCO3)C(=O)C(C)C)no2)cc(OC)c1OC. The van der Waals surface area contributed by atoms with Crippen LogP contribution in [0.15, 0.2) is 22.7 Å². The first kappa shape index (κ1) is 22.0. The van der Waals surface area contributed by atoms with Crippen LogP contribution in [-0.4, -0.2) is 56.5 Å². The smallest absolute Gasteiger partial charge is 0.225 e. The third kappa shape index (κ3) is 4.87. The normalized spacial score (nSPS) is 16.0. The molecule has 1 saturated heterocycles. The van der Waals surface area contributed by atoms with Gasteiger partial charge in [-0.2, -0.15) is 0 Å². The highest BCUT2D eigenvalue weighted by Crippen LogP contribution is 2.41. The Labute approximate surface area is 177 Å². The van der Waals surface area contributed by atoms with Crippen LogP contribution >= 0.6 is 0 Å². The summed E-state index contributed by atoms with van der Waals surface area (Å²) in [5.74, 6) is 2.09. The number of carbonyl (C=O) groups excluding carboxylic acids is 1. The van der Waals surface area contributed by atoms with Crippen LogP contribution in [0.2, 0.25) is 0 Å². The van der Waals surface area contributed by atoms with Crippen LogP contribution in [0.3, 0.4) is 0 Å². The van der Waals surface area contributed by atoms with E-state index < -0.39 is 0 Å². The van der Waals surface area contributed by atoms with Crippen molar-refractivity contribution in [2.75, 3.05) is 34.5 Å². The molecule has 8 nitrogen and oxygen atoms in total. The van der Waals surface area contributed by atoms with E-state index in [4.69, 9.17) is 23.5 Å². The lowest BCUT2D eigenvalue weighted by Gasteiger charge is -2.26. The fourth-order valence-electron chi connectivity index (χ4n) is 3.57. The van der Waals surface area contributed by atoms with Crippen molar-refractivity contribution in [2.24, 2.45) is 5.92 Å². The molecule has 164 valence electrons. The van der Waals surface area contributed by atoms with Gasteiger partial charge in [0.15, 0.2) is 17.3 Å². The average molecular weight is 418 g/mol. The molecule has 2 aromatic rings. The second-order valence-corrected chi connectivity index (χ2v) is 7.61. The fourth-order valence-corrected chi connectivity index (χ4v) is 3.57. The van der Waals surface area contributed by atoms with Gasteiger partial charge in [-0.25, -0.2) is 0 Å². The Balaban J connectivity index is 1.82. The maximum atomic E-state index is 12.7. The molecule has 0 aliphatic carbocycles. The lowest BCUT2D eigenvalue weighted by Crippen LogP contribution is -2.39. The Morgan fingerprint density at radius 3 is 2.40 bits per heavy atom. The summed E-state index contributed by atoms with van der Waals surface area (Å²) in [6.45, 7) is 5.47. The largest absolute Gasteiger partial charge is 0.493 e. The Morgan fingerprint density at radius 1 is 1.17 bits per heavy atom. The van der Waals surface area contributed by atoms with E-state index in [9.17, 15) is 4.79 Å². The number of benzene rings is 1. The Kier molecular flexibility index (Phi) is 7.20. The van der Waals surface area contributed by atoms with Gasteiger partial charge < -0.3 is 28.4 Å². The molecule has 1 aliphatic heterocycles. The summed E-state index contributed by atoms with van der Waals surface area (Å²) in [6.07, 6.45) is 2.08. The molecule has 30 heavy (non-hydrogen) atoms. The van der Waals surface area contributed by atoms with E-state index in [2.05, 4.69) is 5.16 Å². The first-order valence-electron chi connectivity index (χ1n) is 10.1.